The molecule has 0 amide bonds. The molecular formula is C9H15N3O2S. The number of carboxylic acid groups (broad SMARTS) is 1. The van der Waals surface area contributed by atoms with Gasteiger partial charge in [0.15, 0.2) is 0 Å². The van der Waals surface area contributed by atoms with Gasteiger partial charge in [-0.15, -0.1) is 11.8 Å². The van der Waals surface area contributed by atoms with Gasteiger partial charge in [0.1, 0.15) is 6.04 Å². The normalized spacial score (nSPS) is 13.8. The average molecular weight is 229 g/mol. The average Bonchev–Trinajstić information content (AvgIpc) is 2.66. The van der Waals surface area contributed by atoms with Crippen LogP contribution in [0.4, 0.5) is 0 Å². The number of carboxylic acids is 1. The minimum Gasteiger partial charge on any atom is -0.480 e. The fourth-order valence-corrected chi connectivity index (χ4v) is 1.89. The zero-order chi connectivity index (χ0) is 11.5. The van der Waals surface area contributed by atoms with E-state index in [-0.39, 0.29) is 0 Å². The van der Waals surface area contributed by atoms with Gasteiger partial charge >= 0.3 is 5.97 Å². The number of thioether (sulfide) groups is 1. The molecule has 1 rings (SSSR count). The van der Waals surface area contributed by atoms with Crippen LogP contribution in [0.15, 0.2) is 18.5 Å². The van der Waals surface area contributed by atoms with Gasteiger partial charge in [0.05, 0.1) is 5.88 Å². The third kappa shape index (κ3) is 3.24. The Bertz CT molecular complexity index is 324. The van der Waals surface area contributed by atoms with E-state index in [1.165, 1.54) is 11.8 Å². The Hall–Kier alpha value is -1.01. The summed E-state index contributed by atoms with van der Waals surface area (Å²) in [7, 11) is 0. The largest absolute Gasteiger partial charge is 0.480 e. The van der Waals surface area contributed by atoms with Gasteiger partial charge in [-0.2, -0.15) is 5.10 Å². The van der Waals surface area contributed by atoms with Crippen LogP contribution >= 0.6 is 11.8 Å². The first-order valence-electron chi connectivity index (χ1n) is 4.53. The maximum absolute atomic E-state index is 10.7. The van der Waals surface area contributed by atoms with Gasteiger partial charge in [0.25, 0.3) is 0 Å². The Morgan fingerprint density at radius 3 is 2.87 bits per heavy atom. The predicted octanol–water partition coefficient (Wildman–Crippen LogP) is 0.764. The van der Waals surface area contributed by atoms with E-state index in [0.717, 1.165) is 0 Å². The molecule has 84 valence electrons. The topological polar surface area (TPSA) is 81.1 Å². The smallest absolute Gasteiger partial charge is 0.321 e. The highest BCUT2D eigenvalue weighted by atomic mass is 32.2. The molecule has 0 aliphatic heterocycles. The Kier molecular flexibility index (Phi) is 3.76. The molecule has 0 bridgehead atoms. The molecule has 0 spiro atoms. The molecule has 0 saturated heterocycles. The summed E-state index contributed by atoms with van der Waals surface area (Å²) in [6.45, 7) is 3.64. The summed E-state index contributed by atoms with van der Waals surface area (Å²) in [6.07, 6.45) is 3.51. The first-order chi connectivity index (χ1) is 6.93. The van der Waals surface area contributed by atoms with Crippen LogP contribution in [0, 0.1) is 0 Å². The minimum absolute atomic E-state index is 0.516. The number of hydrogen-bond acceptors (Lipinski definition) is 4. The van der Waals surface area contributed by atoms with Crippen molar-refractivity contribution in [3.8, 4) is 0 Å². The standard InChI is InChI=1S/C9H15N3O2S/c1-9(2,7(10)8(13)14)15-6-12-5-3-4-11-12/h3-5,7H,6,10H2,1-2H3,(H,13,14)/t7-/m1/s1. The Labute approximate surface area is 92.6 Å². The lowest BCUT2D eigenvalue weighted by Crippen LogP contribution is -2.46. The van der Waals surface area contributed by atoms with Gasteiger partial charge in [-0.1, -0.05) is 0 Å². The van der Waals surface area contributed by atoms with Crippen LogP contribution in [0.5, 0.6) is 0 Å². The third-order valence-electron chi connectivity index (χ3n) is 2.14. The maximum Gasteiger partial charge on any atom is 0.321 e. The fourth-order valence-electron chi connectivity index (χ4n) is 0.996. The number of hydrogen-bond donors (Lipinski definition) is 2. The zero-order valence-electron chi connectivity index (χ0n) is 8.75. The van der Waals surface area contributed by atoms with Crippen molar-refractivity contribution >= 4 is 17.7 Å². The van der Waals surface area contributed by atoms with Crippen molar-refractivity contribution in [3.05, 3.63) is 18.5 Å². The second-order valence-electron chi connectivity index (χ2n) is 3.74. The maximum atomic E-state index is 10.7. The molecular weight excluding hydrogens is 214 g/mol. The summed E-state index contributed by atoms with van der Waals surface area (Å²) in [6, 6.07) is 0.947. The van der Waals surface area contributed by atoms with Crippen LogP contribution in [0.1, 0.15) is 13.8 Å². The lowest BCUT2D eigenvalue weighted by molar-refractivity contribution is -0.139. The lowest BCUT2D eigenvalue weighted by atomic mass is 10.1. The van der Waals surface area contributed by atoms with Crippen molar-refractivity contribution in [3.63, 3.8) is 0 Å². The SMILES string of the molecule is CC(C)(SCn1cccn1)[C@H](N)C(=O)O. The monoisotopic (exact) mass is 229 g/mol. The summed E-state index contributed by atoms with van der Waals surface area (Å²) in [4.78, 5) is 10.7. The molecule has 0 unspecified atom stereocenters. The van der Waals surface area contributed by atoms with Crippen LogP contribution in [-0.2, 0) is 10.7 Å². The number of nitrogens with two attached hydrogens (primary N) is 1. The second kappa shape index (κ2) is 4.67. The molecule has 0 aromatic carbocycles. The van der Waals surface area contributed by atoms with Crippen molar-refractivity contribution in [2.45, 2.75) is 30.5 Å². The molecule has 0 fully saturated rings. The van der Waals surface area contributed by atoms with E-state index < -0.39 is 16.8 Å². The van der Waals surface area contributed by atoms with Crippen molar-refractivity contribution in [2.75, 3.05) is 0 Å². The van der Waals surface area contributed by atoms with Crippen molar-refractivity contribution in [1.82, 2.24) is 9.78 Å². The van der Waals surface area contributed by atoms with E-state index in [4.69, 9.17) is 10.8 Å². The van der Waals surface area contributed by atoms with Gasteiger partial charge in [-0.3, -0.25) is 9.48 Å². The molecule has 3 N–H and O–H groups in total. The Morgan fingerprint density at radius 2 is 2.40 bits per heavy atom. The number of aromatic nitrogens is 2. The van der Waals surface area contributed by atoms with E-state index in [2.05, 4.69) is 5.10 Å². The van der Waals surface area contributed by atoms with Crippen LogP contribution in [0.2, 0.25) is 0 Å². The molecule has 1 aromatic heterocycles. The molecule has 0 aliphatic rings. The van der Waals surface area contributed by atoms with Crippen molar-refractivity contribution in [1.29, 1.82) is 0 Å². The zero-order valence-corrected chi connectivity index (χ0v) is 9.57. The molecule has 15 heavy (non-hydrogen) atoms. The van der Waals surface area contributed by atoms with Crippen molar-refractivity contribution in [2.24, 2.45) is 5.73 Å². The summed E-state index contributed by atoms with van der Waals surface area (Å²) in [5.74, 6) is -0.381. The molecule has 1 heterocycles. The molecule has 6 heteroatoms. The van der Waals surface area contributed by atoms with E-state index in [9.17, 15) is 4.79 Å². The number of nitrogens with zero attached hydrogens (tertiary/aromatic N) is 2. The van der Waals surface area contributed by atoms with E-state index in [1.807, 2.05) is 26.1 Å². The van der Waals surface area contributed by atoms with Crippen LogP contribution in [-0.4, -0.2) is 31.6 Å². The second-order valence-corrected chi connectivity index (χ2v) is 5.34. The predicted molar refractivity (Wildman–Crippen MR) is 59.5 cm³/mol. The highest BCUT2D eigenvalue weighted by Crippen LogP contribution is 2.28. The Morgan fingerprint density at radius 1 is 1.73 bits per heavy atom. The van der Waals surface area contributed by atoms with Gasteiger partial charge < -0.3 is 10.8 Å². The minimum atomic E-state index is -0.979. The number of aliphatic carboxylic acids is 1. The lowest BCUT2D eigenvalue weighted by Gasteiger charge is -2.27. The molecule has 1 atom stereocenters. The van der Waals surface area contributed by atoms with Crippen LogP contribution in [0.3, 0.4) is 0 Å². The van der Waals surface area contributed by atoms with Gasteiger partial charge in [0, 0.05) is 17.1 Å². The summed E-state index contributed by atoms with van der Waals surface area (Å²) in [5, 5.41) is 12.8. The van der Waals surface area contributed by atoms with Crippen molar-refractivity contribution < 1.29 is 9.90 Å². The van der Waals surface area contributed by atoms with E-state index >= 15 is 0 Å². The first kappa shape index (κ1) is 12.1. The highest BCUT2D eigenvalue weighted by molar-refractivity contribution is 7.99. The highest BCUT2D eigenvalue weighted by Gasteiger charge is 2.32. The molecule has 1 aromatic rings. The molecule has 0 saturated carbocycles. The number of rotatable bonds is 5. The Balaban J connectivity index is 2.53. The van der Waals surface area contributed by atoms with Gasteiger partial charge in [0.2, 0.25) is 0 Å². The third-order valence-corrected chi connectivity index (χ3v) is 3.53. The van der Waals surface area contributed by atoms with Crippen LogP contribution in [0.25, 0.3) is 0 Å². The van der Waals surface area contributed by atoms with E-state index in [1.54, 1.807) is 10.9 Å². The summed E-state index contributed by atoms with van der Waals surface area (Å²) in [5.41, 5.74) is 5.58. The van der Waals surface area contributed by atoms with Gasteiger partial charge in [-0.25, -0.2) is 0 Å². The molecule has 5 nitrogen and oxygen atoms in total. The molecule has 0 aliphatic carbocycles. The van der Waals surface area contributed by atoms with E-state index in [0.29, 0.717) is 5.88 Å². The first-order valence-corrected chi connectivity index (χ1v) is 5.52. The molecule has 0 radical (unpaired) electrons. The quantitative estimate of drug-likeness (QED) is 0.779. The summed E-state index contributed by atoms with van der Waals surface area (Å²) < 4.78 is 1.22. The van der Waals surface area contributed by atoms with Crippen LogP contribution < -0.4 is 5.73 Å². The fraction of sp³-hybridized carbons (Fsp3) is 0.556. The number of carbonyl (C=O) groups is 1. The van der Waals surface area contributed by atoms with Gasteiger partial charge in [-0.05, 0) is 19.9 Å². The summed E-state index contributed by atoms with van der Waals surface area (Å²) >= 11 is 1.47.